The molecule has 7 heteroatoms. The SMILES string of the molecule is C=CCN(Cc1cc(OC)ccc1OC)S(=O)(=O)c1ccc(F)cc1. The molecule has 0 atom stereocenters. The van der Waals surface area contributed by atoms with Crippen LogP contribution in [0.5, 0.6) is 11.5 Å². The van der Waals surface area contributed by atoms with Crippen molar-refractivity contribution in [2.24, 2.45) is 0 Å². The van der Waals surface area contributed by atoms with Crippen molar-refractivity contribution in [1.29, 1.82) is 0 Å². The molecule has 0 amide bonds. The normalized spacial score (nSPS) is 11.4. The van der Waals surface area contributed by atoms with Gasteiger partial charge in [0.15, 0.2) is 0 Å². The first kappa shape index (κ1) is 19.0. The maximum absolute atomic E-state index is 13.1. The molecule has 0 aliphatic carbocycles. The van der Waals surface area contributed by atoms with E-state index in [9.17, 15) is 12.8 Å². The van der Waals surface area contributed by atoms with Gasteiger partial charge in [-0.25, -0.2) is 12.8 Å². The number of hydrogen-bond acceptors (Lipinski definition) is 4. The molecule has 0 aliphatic heterocycles. The van der Waals surface area contributed by atoms with Gasteiger partial charge in [0.2, 0.25) is 10.0 Å². The number of hydrogen-bond donors (Lipinski definition) is 0. The molecule has 25 heavy (non-hydrogen) atoms. The van der Waals surface area contributed by atoms with Crippen LogP contribution in [0, 0.1) is 5.82 Å². The largest absolute Gasteiger partial charge is 0.497 e. The van der Waals surface area contributed by atoms with Crippen molar-refractivity contribution in [3.8, 4) is 11.5 Å². The highest BCUT2D eigenvalue weighted by Crippen LogP contribution is 2.27. The molecule has 0 radical (unpaired) electrons. The van der Waals surface area contributed by atoms with Gasteiger partial charge in [-0.3, -0.25) is 0 Å². The van der Waals surface area contributed by atoms with Gasteiger partial charge in [0.1, 0.15) is 17.3 Å². The van der Waals surface area contributed by atoms with Crippen LogP contribution in [-0.2, 0) is 16.6 Å². The molecular formula is C18H20FNO4S. The summed E-state index contributed by atoms with van der Waals surface area (Å²) in [4.78, 5) is 0.0117. The Balaban J connectivity index is 2.41. The lowest BCUT2D eigenvalue weighted by Gasteiger charge is -2.22. The lowest BCUT2D eigenvalue weighted by molar-refractivity contribution is 0.384. The molecule has 0 aliphatic rings. The minimum Gasteiger partial charge on any atom is -0.497 e. The van der Waals surface area contributed by atoms with Crippen molar-refractivity contribution in [2.45, 2.75) is 11.4 Å². The molecule has 2 aromatic rings. The Labute approximate surface area is 147 Å². The average Bonchev–Trinajstić information content (AvgIpc) is 2.61. The van der Waals surface area contributed by atoms with Gasteiger partial charge in [-0.15, -0.1) is 6.58 Å². The fourth-order valence-electron chi connectivity index (χ4n) is 2.34. The Morgan fingerprint density at radius 2 is 1.80 bits per heavy atom. The quantitative estimate of drug-likeness (QED) is 0.674. The van der Waals surface area contributed by atoms with Crippen molar-refractivity contribution < 1.29 is 22.3 Å². The fourth-order valence-corrected chi connectivity index (χ4v) is 3.73. The van der Waals surface area contributed by atoms with E-state index in [1.165, 1.54) is 36.7 Å². The van der Waals surface area contributed by atoms with E-state index in [0.717, 1.165) is 12.1 Å². The highest BCUT2D eigenvalue weighted by molar-refractivity contribution is 7.89. The molecule has 0 spiro atoms. The zero-order valence-electron chi connectivity index (χ0n) is 14.1. The van der Waals surface area contributed by atoms with E-state index < -0.39 is 15.8 Å². The lowest BCUT2D eigenvalue weighted by atomic mass is 10.2. The molecule has 0 N–H and O–H groups in total. The second-order valence-electron chi connectivity index (χ2n) is 5.22. The molecule has 134 valence electrons. The Morgan fingerprint density at radius 3 is 2.36 bits per heavy atom. The Kier molecular flexibility index (Phi) is 6.17. The van der Waals surface area contributed by atoms with Crippen LogP contribution in [0.25, 0.3) is 0 Å². The lowest BCUT2D eigenvalue weighted by Crippen LogP contribution is -2.31. The third-order valence-electron chi connectivity index (χ3n) is 3.62. The molecule has 2 aromatic carbocycles. The van der Waals surface area contributed by atoms with Crippen LogP contribution in [0.1, 0.15) is 5.56 Å². The van der Waals surface area contributed by atoms with Crippen LogP contribution in [0.15, 0.2) is 60.0 Å². The molecule has 5 nitrogen and oxygen atoms in total. The van der Waals surface area contributed by atoms with Gasteiger partial charge in [0.05, 0.1) is 19.1 Å². The van der Waals surface area contributed by atoms with E-state index in [1.807, 2.05) is 0 Å². The summed E-state index contributed by atoms with van der Waals surface area (Å²) >= 11 is 0. The summed E-state index contributed by atoms with van der Waals surface area (Å²) in [5, 5.41) is 0. The number of benzene rings is 2. The first-order chi connectivity index (χ1) is 11.9. The van der Waals surface area contributed by atoms with Crippen LogP contribution in [0.2, 0.25) is 0 Å². The highest BCUT2D eigenvalue weighted by atomic mass is 32.2. The van der Waals surface area contributed by atoms with Gasteiger partial charge in [0.25, 0.3) is 0 Å². The number of rotatable bonds is 8. The zero-order valence-corrected chi connectivity index (χ0v) is 14.9. The van der Waals surface area contributed by atoms with Crippen molar-refractivity contribution in [1.82, 2.24) is 4.31 Å². The van der Waals surface area contributed by atoms with E-state index in [4.69, 9.17) is 9.47 Å². The molecular weight excluding hydrogens is 345 g/mol. The van der Waals surface area contributed by atoms with Crippen LogP contribution >= 0.6 is 0 Å². The second-order valence-corrected chi connectivity index (χ2v) is 7.16. The summed E-state index contributed by atoms with van der Waals surface area (Å²) < 4.78 is 50.6. The number of nitrogens with zero attached hydrogens (tertiary/aromatic N) is 1. The van der Waals surface area contributed by atoms with Gasteiger partial charge in [0, 0.05) is 18.7 Å². The molecule has 2 rings (SSSR count). The van der Waals surface area contributed by atoms with Crippen LogP contribution in [0.3, 0.4) is 0 Å². The number of halogens is 1. The molecule has 0 saturated heterocycles. The van der Waals surface area contributed by atoms with E-state index in [0.29, 0.717) is 17.1 Å². The Morgan fingerprint density at radius 1 is 1.12 bits per heavy atom. The van der Waals surface area contributed by atoms with E-state index in [1.54, 1.807) is 18.2 Å². The predicted molar refractivity (Wildman–Crippen MR) is 93.7 cm³/mol. The third kappa shape index (κ3) is 4.37. The summed E-state index contributed by atoms with van der Waals surface area (Å²) in [6, 6.07) is 9.87. The number of sulfonamides is 1. The Bertz CT molecular complexity index is 835. The first-order valence-electron chi connectivity index (χ1n) is 7.50. The van der Waals surface area contributed by atoms with Gasteiger partial charge >= 0.3 is 0 Å². The minimum atomic E-state index is -3.82. The summed E-state index contributed by atoms with van der Waals surface area (Å²) in [6.45, 7) is 3.78. The van der Waals surface area contributed by atoms with Crippen molar-refractivity contribution in [2.75, 3.05) is 20.8 Å². The minimum absolute atomic E-state index is 0.0117. The monoisotopic (exact) mass is 365 g/mol. The van der Waals surface area contributed by atoms with E-state index >= 15 is 0 Å². The summed E-state index contributed by atoms with van der Waals surface area (Å²) in [7, 11) is -0.782. The molecule has 0 heterocycles. The van der Waals surface area contributed by atoms with Crippen molar-refractivity contribution in [3.05, 3.63) is 66.5 Å². The predicted octanol–water partition coefficient (Wildman–Crippen LogP) is 3.22. The summed E-state index contributed by atoms with van der Waals surface area (Å²) in [6.07, 6.45) is 1.49. The zero-order chi connectivity index (χ0) is 18.4. The average molecular weight is 365 g/mol. The van der Waals surface area contributed by atoms with Crippen molar-refractivity contribution in [3.63, 3.8) is 0 Å². The first-order valence-corrected chi connectivity index (χ1v) is 8.94. The highest BCUT2D eigenvalue weighted by Gasteiger charge is 2.25. The van der Waals surface area contributed by atoms with E-state index in [2.05, 4.69) is 6.58 Å². The van der Waals surface area contributed by atoms with Gasteiger partial charge in [-0.1, -0.05) is 6.08 Å². The van der Waals surface area contributed by atoms with Crippen LogP contribution < -0.4 is 9.47 Å². The molecule has 0 bridgehead atoms. The second kappa shape index (κ2) is 8.13. The standard InChI is InChI=1S/C18H20FNO4S/c1-4-11-20(25(21,22)17-8-5-15(19)6-9-17)13-14-12-16(23-2)7-10-18(14)24-3/h4-10,12H,1,11,13H2,2-3H3. The Hall–Kier alpha value is -2.38. The summed E-state index contributed by atoms with van der Waals surface area (Å²) in [5.74, 6) is 0.640. The number of ether oxygens (including phenoxy) is 2. The maximum Gasteiger partial charge on any atom is 0.243 e. The van der Waals surface area contributed by atoms with Crippen LogP contribution in [-0.4, -0.2) is 33.5 Å². The number of methoxy groups -OCH3 is 2. The van der Waals surface area contributed by atoms with Crippen LogP contribution in [0.4, 0.5) is 4.39 Å². The topological polar surface area (TPSA) is 55.8 Å². The summed E-state index contributed by atoms with van der Waals surface area (Å²) in [5.41, 5.74) is 0.648. The maximum atomic E-state index is 13.1. The fraction of sp³-hybridized carbons (Fsp3) is 0.222. The van der Waals surface area contributed by atoms with Crippen molar-refractivity contribution >= 4 is 10.0 Å². The van der Waals surface area contributed by atoms with Gasteiger partial charge in [-0.05, 0) is 42.5 Å². The van der Waals surface area contributed by atoms with Gasteiger partial charge < -0.3 is 9.47 Å². The van der Waals surface area contributed by atoms with Gasteiger partial charge in [-0.2, -0.15) is 4.31 Å². The molecule has 0 aromatic heterocycles. The third-order valence-corrected chi connectivity index (χ3v) is 5.44. The smallest absolute Gasteiger partial charge is 0.243 e. The molecule has 0 unspecified atom stereocenters. The molecule has 0 fully saturated rings. The van der Waals surface area contributed by atoms with E-state index in [-0.39, 0.29) is 18.0 Å². The molecule has 0 saturated carbocycles.